The molecule has 9 heteroatoms. The standard InChI is InChI=1S/C33H25F3N2O4/c1-21-30(32(40)42-20-29(39)37-25-11-7-10-24(18-25)33(34,35)36)27-12-5-6-13-28(27)38-31(21)23-14-16-26(17-15-23)41-19-22-8-3-2-4-9-22/h2-18H,19-20H2,1H3,(H,37,39). The molecule has 1 N–H and O–H groups in total. The lowest BCUT2D eigenvalue weighted by molar-refractivity contribution is -0.137. The molecule has 5 rings (SSSR count). The van der Waals surface area contributed by atoms with E-state index in [1.165, 1.54) is 12.1 Å². The van der Waals surface area contributed by atoms with Crippen LogP contribution in [0.2, 0.25) is 0 Å². The van der Waals surface area contributed by atoms with Gasteiger partial charge in [-0.2, -0.15) is 13.2 Å². The van der Waals surface area contributed by atoms with Gasteiger partial charge in [-0.25, -0.2) is 9.78 Å². The molecule has 0 spiro atoms. The second-order valence-corrected chi connectivity index (χ2v) is 9.48. The van der Waals surface area contributed by atoms with E-state index in [0.29, 0.717) is 34.5 Å². The highest BCUT2D eigenvalue weighted by Gasteiger charge is 2.30. The molecule has 0 aliphatic rings. The third-order valence-electron chi connectivity index (χ3n) is 6.52. The van der Waals surface area contributed by atoms with Gasteiger partial charge in [0.2, 0.25) is 0 Å². The van der Waals surface area contributed by atoms with E-state index >= 15 is 0 Å². The molecule has 212 valence electrons. The number of carbonyl (C=O) groups is 2. The molecule has 0 bridgehead atoms. The number of anilines is 1. The van der Waals surface area contributed by atoms with Crippen molar-refractivity contribution in [3.8, 4) is 17.0 Å². The Morgan fingerprint density at radius 2 is 1.57 bits per heavy atom. The number of esters is 1. The number of fused-ring (bicyclic) bond motifs is 1. The fourth-order valence-electron chi connectivity index (χ4n) is 4.47. The number of nitrogens with zero attached hydrogens (tertiary/aromatic N) is 1. The van der Waals surface area contributed by atoms with Gasteiger partial charge in [-0.05, 0) is 66.6 Å². The van der Waals surface area contributed by atoms with Crippen LogP contribution in [0.4, 0.5) is 18.9 Å². The van der Waals surface area contributed by atoms with Crippen LogP contribution in [-0.4, -0.2) is 23.5 Å². The fraction of sp³-hybridized carbons (Fsp3) is 0.121. The van der Waals surface area contributed by atoms with Gasteiger partial charge in [-0.3, -0.25) is 4.79 Å². The van der Waals surface area contributed by atoms with Gasteiger partial charge in [0, 0.05) is 16.6 Å². The SMILES string of the molecule is Cc1c(-c2ccc(OCc3ccccc3)cc2)nc2ccccc2c1C(=O)OCC(=O)Nc1cccc(C(F)(F)F)c1. The van der Waals surface area contributed by atoms with Crippen LogP contribution in [0.5, 0.6) is 5.75 Å². The topological polar surface area (TPSA) is 77.5 Å². The number of amides is 1. The third-order valence-corrected chi connectivity index (χ3v) is 6.52. The first-order valence-electron chi connectivity index (χ1n) is 13.0. The van der Waals surface area contributed by atoms with Gasteiger partial charge in [0.15, 0.2) is 6.61 Å². The Labute approximate surface area is 239 Å². The van der Waals surface area contributed by atoms with Crippen molar-refractivity contribution in [3.05, 3.63) is 125 Å². The Bertz CT molecular complexity index is 1740. The van der Waals surface area contributed by atoms with E-state index in [1.54, 1.807) is 31.2 Å². The molecule has 42 heavy (non-hydrogen) atoms. The normalized spacial score (nSPS) is 11.2. The molecule has 0 atom stereocenters. The van der Waals surface area contributed by atoms with Gasteiger partial charge in [0.1, 0.15) is 12.4 Å². The second-order valence-electron chi connectivity index (χ2n) is 9.48. The summed E-state index contributed by atoms with van der Waals surface area (Å²) in [6.07, 6.45) is -4.56. The van der Waals surface area contributed by atoms with Crippen LogP contribution in [0, 0.1) is 6.92 Å². The molecule has 0 radical (unpaired) electrons. The summed E-state index contributed by atoms with van der Waals surface area (Å²) in [5.74, 6) is -0.855. The van der Waals surface area contributed by atoms with E-state index in [2.05, 4.69) is 5.32 Å². The molecule has 0 fully saturated rings. The summed E-state index contributed by atoms with van der Waals surface area (Å²) in [7, 11) is 0. The minimum atomic E-state index is -4.56. The number of halogens is 3. The molecule has 1 amide bonds. The number of hydrogen-bond donors (Lipinski definition) is 1. The molecule has 1 heterocycles. The predicted molar refractivity (Wildman–Crippen MR) is 153 cm³/mol. The highest BCUT2D eigenvalue weighted by atomic mass is 19.4. The molecule has 0 saturated carbocycles. The first kappa shape index (κ1) is 28.4. The largest absolute Gasteiger partial charge is 0.489 e. The molecular formula is C33H25F3N2O4. The highest BCUT2D eigenvalue weighted by molar-refractivity contribution is 6.07. The average Bonchev–Trinajstić information content (AvgIpc) is 2.99. The van der Waals surface area contributed by atoms with E-state index in [0.717, 1.165) is 23.3 Å². The molecular weight excluding hydrogens is 545 g/mol. The van der Waals surface area contributed by atoms with Crippen molar-refractivity contribution < 1.29 is 32.2 Å². The van der Waals surface area contributed by atoms with Crippen LogP contribution in [0.3, 0.4) is 0 Å². The predicted octanol–water partition coefficient (Wildman–Crippen LogP) is 7.60. The van der Waals surface area contributed by atoms with Crippen molar-refractivity contribution in [2.24, 2.45) is 0 Å². The Hall–Kier alpha value is -5.18. The van der Waals surface area contributed by atoms with Crippen LogP contribution in [0.25, 0.3) is 22.2 Å². The van der Waals surface area contributed by atoms with Gasteiger partial charge in [-0.1, -0.05) is 54.6 Å². The number of nitrogens with one attached hydrogen (secondary N) is 1. The van der Waals surface area contributed by atoms with Crippen molar-refractivity contribution in [3.63, 3.8) is 0 Å². The average molecular weight is 571 g/mol. The number of alkyl halides is 3. The van der Waals surface area contributed by atoms with Gasteiger partial charge >= 0.3 is 12.1 Å². The van der Waals surface area contributed by atoms with Gasteiger partial charge in [0.25, 0.3) is 5.91 Å². The van der Waals surface area contributed by atoms with E-state index in [1.807, 2.05) is 54.6 Å². The van der Waals surface area contributed by atoms with E-state index in [-0.39, 0.29) is 11.3 Å². The summed E-state index contributed by atoms with van der Waals surface area (Å²) in [4.78, 5) is 30.5. The molecule has 0 aliphatic heterocycles. The first-order chi connectivity index (χ1) is 20.2. The lowest BCUT2D eigenvalue weighted by atomic mass is 9.97. The highest BCUT2D eigenvalue weighted by Crippen LogP contribution is 2.32. The van der Waals surface area contributed by atoms with E-state index in [9.17, 15) is 22.8 Å². The summed E-state index contributed by atoms with van der Waals surface area (Å²) in [5.41, 5.74) is 2.74. The Morgan fingerprint density at radius 1 is 0.857 bits per heavy atom. The number of para-hydroxylation sites is 1. The zero-order valence-electron chi connectivity index (χ0n) is 22.4. The van der Waals surface area contributed by atoms with Gasteiger partial charge in [-0.15, -0.1) is 0 Å². The number of carbonyl (C=O) groups excluding carboxylic acids is 2. The molecule has 1 aromatic heterocycles. The monoisotopic (exact) mass is 570 g/mol. The van der Waals surface area contributed by atoms with Gasteiger partial charge < -0.3 is 14.8 Å². The molecule has 0 saturated heterocycles. The molecule has 6 nitrogen and oxygen atoms in total. The Kier molecular flexibility index (Phi) is 8.19. The molecule has 4 aromatic carbocycles. The van der Waals surface area contributed by atoms with Crippen LogP contribution >= 0.6 is 0 Å². The first-order valence-corrected chi connectivity index (χ1v) is 13.0. The number of rotatable bonds is 8. The summed E-state index contributed by atoms with van der Waals surface area (Å²) >= 11 is 0. The quantitative estimate of drug-likeness (QED) is 0.194. The van der Waals surface area contributed by atoms with Crippen molar-refractivity contribution in [1.29, 1.82) is 0 Å². The summed E-state index contributed by atoms with van der Waals surface area (Å²) < 4.78 is 50.2. The number of pyridine rings is 1. The smallest absolute Gasteiger partial charge is 0.416 e. The maximum atomic E-state index is 13.3. The third kappa shape index (κ3) is 6.58. The molecule has 5 aromatic rings. The van der Waals surface area contributed by atoms with Crippen LogP contribution < -0.4 is 10.1 Å². The van der Waals surface area contributed by atoms with Crippen molar-refractivity contribution >= 4 is 28.5 Å². The minimum absolute atomic E-state index is 0.0603. The zero-order valence-corrected chi connectivity index (χ0v) is 22.4. The summed E-state index contributed by atoms with van der Waals surface area (Å²) in [5, 5.41) is 2.88. The zero-order chi connectivity index (χ0) is 29.7. The number of benzene rings is 4. The van der Waals surface area contributed by atoms with Crippen molar-refractivity contribution in [1.82, 2.24) is 4.98 Å². The van der Waals surface area contributed by atoms with E-state index in [4.69, 9.17) is 14.5 Å². The van der Waals surface area contributed by atoms with E-state index < -0.39 is 30.2 Å². The lowest BCUT2D eigenvalue weighted by Gasteiger charge is -2.15. The fourth-order valence-corrected chi connectivity index (χ4v) is 4.47. The number of hydrogen-bond acceptors (Lipinski definition) is 5. The Balaban J connectivity index is 1.33. The Morgan fingerprint density at radius 3 is 2.31 bits per heavy atom. The van der Waals surface area contributed by atoms with Crippen LogP contribution in [0.1, 0.15) is 27.0 Å². The summed E-state index contributed by atoms with van der Waals surface area (Å²) in [6.45, 7) is 1.48. The maximum Gasteiger partial charge on any atom is 0.416 e. The number of ether oxygens (including phenoxy) is 2. The maximum absolute atomic E-state index is 13.3. The van der Waals surface area contributed by atoms with Crippen molar-refractivity contribution in [2.45, 2.75) is 19.7 Å². The number of aromatic nitrogens is 1. The van der Waals surface area contributed by atoms with Crippen LogP contribution in [0.15, 0.2) is 103 Å². The molecule has 0 unspecified atom stereocenters. The lowest BCUT2D eigenvalue weighted by Crippen LogP contribution is -2.22. The van der Waals surface area contributed by atoms with Gasteiger partial charge in [0.05, 0.1) is 22.3 Å². The molecule has 0 aliphatic carbocycles. The summed E-state index contributed by atoms with van der Waals surface area (Å²) in [6, 6.07) is 28.4. The van der Waals surface area contributed by atoms with Crippen molar-refractivity contribution in [2.75, 3.05) is 11.9 Å². The van der Waals surface area contributed by atoms with Crippen LogP contribution in [-0.2, 0) is 22.3 Å². The minimum Gasteiger partial charge on any atom is -0.489 e. The second kappa shape index (κ2) is 12.1.